The highest BCUT2D eigenvalue weighted by atomic mass is 16.3. The minimum absolute atomic E-state index is 0.195. The Bertz CT molecular complexity index is 550. The monoisotopic (exact) mass is 392 g/mol. The number of hydrogen-bond acceptors (Lipinski definition) is 3. The summed E-state index contributed by atoms with van der Waals surface area (Å²) in [6, 6.07) is 0. The Morgan fingerprint density at radius 3 is 2.21 bits per heavy atom. The lowest BCUT2D eigenvalue weighted by Gasteiger charge is -2.46. The van der Waals surface area contributed by atoms with E-state index < -0.39 is 12.2 Å². The van der Waals surface area contributed by atoms with Gasteiger partial charge in [-0.25, -0.2) is 0 Å². The normalized spacial score (nSPS) is 35.5. The molecule has 2 aliphatic rings. The molecular weight excluding hydrogens is 348 g/mol. The van der Waals surface area contributed by atoms with E-state index in [1.807, 2.05) is 0 Å². The van der Waals surface area contributed by atoms with Crippen molar-refractivity contribution in [1.82, 2.24) is 0 Å². The topological polar surface area (TPSA) is 60.7 Å². The van der Waals surface area contributed by atoms with Gasteiger partial charge in [-0.1, -0.05) is 65.3 Å². The maximum atomic E-state index is 10.2. The van der Waals surface area contributed by atoms with Crippen molar-refractivity contribution in [2.24, 2.45) is 28.6 Å². The average Bonchev–Trinajstić information content (AvgIpc) is 2.82. The zero-order valence-corrected chi connectivity index (χ0v) is 19.0. The lowest BCUT2D eigenvalue weighted by atomic mass is 9.59. The van der Waals surface area contributed by atoms with Gasteiger partial charge < -0.3 is 15.3 Å². The van der Waals surface area contributed by atoms with Gasteiger partial charge in [0.25, 0.3) is 0 Å². The lowest BCUT2D eigenvalue weighted by Crippen LogP contribution is -2.39. The van der Waals surface area contributed by atoms with Crippen molar-refractivity contribution in [1.29, 1.82) is 0 Å². The van der Waals surface area contributed by atoms with E-state index in [4.69, 9.17) is 0 Å². The van der Waals surface area contributed by atoms with Crippen molar-refractivity contribution in [3.8, 4) is 0 Å². The fourth-order valence-corrected chi connectivity index (χ4v) is 5.48. The Labute approximate surface area is 172 Å². The van der Waals surface area contributed by atoms with E-state index in [-0.39, 0.29) is 16.9 Å². The summed E-state index contributed by atoms with van der Waals surface area (Å²) in [5.74, 6) is 1.44. The summed E-state index contributed by atoms with van der Waals surface area (Å²) in [4.78, 5) is 0. The molecule has 0 saturated heterocycles. The Morgan fingerprint density at radius 2 is 1.64 bits per heavy atom. The Kier molecular flexibility index (Phi) is 7.98. The number of hydrogen-bond donors (Lipinski definition) is 3. The fraction of sp³-hybridized carbons (Fsp3) is 0.840. The van der Waals surface area contributed by atoms with Gasteiger partial charge in [-0.15, -0.1) is 0 Å². The molecular formula is C25H44O3. The summed E-state index contributed by atoms with van der Waals surface area (Å²) < 4.78 is 0. The molecule has 28 heavy (non-hydrogen) atoms. The van der Waals surface area contributed by atoms with Gasteiger partial charge >= 0.3 is 0 Å². The van der Waals surface area contributed by atoms with E-state index in [2.05, 4.69) is 59.8 Å². The molecule has 0 aromatic carbocycles. The minimum Gasteiger partial charge on any atom is -0.393 e. The van der Waals surface area contributed by atoms with Crippen molar-refractivity contribution in [2.75, 3.05) is 0 Å². The zero-order chi connectivity index (χ0) is 21.1. The Balaban J connectivity index is 2.01. The smallest absolute Gasteiger partial charge is 0.0602 e. The van der Waals surface area contributed by atoms with Crippen LogP contribution in [0.2, 0.25) is 0 Å². The molecule has 2 fully saturated rings. The van der Waals surface area contributed by atoms with Crippen LogP contribution in [0.3, 0.4) is 0 Å². The first kappa shape index (κ1) is 23.6. The zero-order valence-electron chi connectivity index (χ0n) is 19.0. The fourth-order valence-electron chi connectivity index (χ4n) is 5.48. The Hall–Kier alpha value is -0.640. The van der Waals surface area contributed by atoms with Crippen molar-refractivity contribution < 1.29 is 15.3 Å². The molecule has 2 aliphatic carbocycles. The molecule has 3 N–H and O–H groups in total. The molecule has 2 saturated carbocycles. The molecule has 0 aromatic heterocycles. The second-order valence-corrected chi connectivity index (χ2v) is 10.7. The third kappa shape index (κ3) is 5.29. The predicted molar refractivity (Wildman–Crippen MR) is 117 cm³/mol. The molecule has 0 spiro atoms. The van der Waals surface area contributed by atoms with Gasteiger partial charge in [-0.05, 0) is 73.5 Å². The van der Waals surface area contributed by atoms with E-state index in [1.54, 1.807) is 0 Å². The molecule has 0 amide bonds. The molecule has 3 heteroatoms. The van der Waals surface area contributed by atoms with Gasteiger partial charge in [0.2, 0.25) is 0 Å². The molecule has 0 radical (unpaired) electrons. The summed E-state index contributed by atoms with van der Waals surface area (Å²) in [5, 5.41) is 29.9. The van der Waals surface area contributed by atoms with E-state index >= 15 is 0 Å². The maximum Gasteiger partial charge on any atom is 0.0602 e. The van der Waals surface area contributed by atoms with Crippen LogP contribution in [0, 0.1) is 28.6 Å². The minimum atomic E-state index is -0.406. The highest BCUT2D eigenvalue weighted by Gasteiger charge is 2.52. The van der Waals surface area contributed by atoms with Gasteiger partial charge in [0.1, 0.15) is 0 Å². The van der Waals surface area contributed by atoms with Crippen LogP contribution < -0.4 is 0 Å². The number of aliphatic hydroxyl groups excluding tert-OH is 3. The van der Waals surface area contributed by atoms with Crippen LogP contribution in [0.1, 0.15) is 86.5 Å². The molecule has 6 atom stereocenters. The number of aliphatic hydroxyl groups is 3. The second kappa shape index (κ2) is 9.45. The first-order valence-electron chi connectivity index (χ1n) is 11.4. The highest BCUT2D eigenvalue weighted by molar-refractivity contribution is 5.19. The van der Waals surface area contributed by atoms with E-state index in [9.17, 15) is 15.3 Å². The molecule has 0 aliphatic heterocycles. The summed E-state index contributed by atoms with van der Waals surface area (Å²) in [6.45, 7) is 13.8. The second-order valence-electron chi connectivity index (χ2n) is 10.7. The highest BCUT2D eigenvalue weighted by Crippen LogP contribution is 2.60. The Morgan fingerprint density at radius 1 is 1.04 bits per heavy atom. The molecule has 0 bridgehead atoms. The maximum absolute atomic E-state index is 10.2. The van der Waals surface area contributed by atoms with Gasteiger partial charge in [-0.3, -0.25) is 0 Å². The van der Waals surface area contributed by atoms with Crippen LogP contribution in [0.15, 0.2) is 23.8 Å². The van der Waals surface area contributed by atoms with Gasteiger partial charge in [0.05, 0.1) is 18.3 Å². The van der Waals surface area contributed by atoms with Gasteiger partial charge in [0.15, 0.2) is 0 Å². The molecule has 162 valence electrons. The van der Waals surface area contributed by atoms with Crippen LogP contribution in [-0.2, 0) is 0 Å². The standard InChI is InChI=1S/C25H44O3/c1-17(2)23(28)11-10-18(3)25(6)13-12-20(24(25,4)5)9-7-8-19-14-21(26)16-22(27)15-19/h7-9,17-18,20-23,26-28H,10-16H2,1-6H3/t18-,20+,21+,22+,23+,25+/m0/s1. The third-order valence-electron chi connectivity index (χ3n) is 8.34. The molecule has 0 heterocycles. The van der Waals surface area contributed by atoms with Crippen molar-refractivity contribution >= 4 is 0 Å². The van der Waals surface area contributed by atoms with Crippen molar-refractivity contribution in [3.05, 3.63) is 23.8 Å². The first-order valence-corrected chi connectivity index (χ1v) is 11.4. The third-order valence-corrected chi connectivity index (χ3v) is 8.34. The largest absolute Gasteiger partial charge is 0.393 e. The van der Waals surface area contributed by atoms with Gasteiger partial charge in [0, 0.05) is 0 Å². The number of allylic oxidation sites excluding steroid dienone is 3. The van der Waals surface area contributed by atoms with Crippen molar-refractivity contribution in [2.45, 2.75) is 105 Å². The molecule has 0 unspecified atom stereocenters. The molecule has 2 rings (SSSR count). The quantitative estimate of drug-likeness (QED) is 0.554. The van der Waals surface area contributed by atoms with E-state index in [1.165, 1.54) is 12.8 Å². The predicted octanol–water partition coefficient (Wildman–Crippen LogP) is 5.25. The SMILES string of the molecule is CC(C)[C@H](O)CC[C@H](C)[C@@]1(C)CC[C@@H](C=CC=C2C[C@@H](O)C[C@H](O)C2)C1(C)C. The van der Waals surface area contributed by atoms with E-state index in [0.29, 0.717) is 37.0 Å². The van der Waals surface area contributed by atoms with Gasteiger partial charge in [-0.2, -0.15) is 0 Å². The summed E-state index contributed by atoms with van der Waals surface area (Å²) >= 11 is 0. The lowest BCUT2D eigenvalue weighted by molar-refractivity contribution is 0.0277. The van der Waals surface area contributed by atoms with Crippen LogP contribution in [0.5, 0.6) is 0 Å². The summed E-state index contributed by atoms with van der Waals surface area (Å²) in [7, 11) is 0. The van der Waals surface area contributed by atoms with E-state index in [0.717, 1.165) is 18.4 Å². The average molecular weight is 393 g/mol. The van der Waals surface area contributed by atoms with Crippen LogP contribution in [0.25, 0.3) is 0 Å². The molecule has 3 nitrogen and oxygen atoms in total. The van der Waals surface area contributed by atoms with Crippen LogP contribution >= 0.6 is 0 Å². The van der Waals surface area contributed by atoms with Crippen LogP contribution in [0.4, 0.5) is 0 Å². The first-order chi connectivity index (χ1) is 13.0. The van der Waals surface area contributed by atoms with Crippen LogP contribution in [-0.4, -0.2) is 33.6 Å². The van der Waals surface area contributed by atoms with Crippen molar-refractivity contribution in [3.63, 3.8) is 0 Å². The number of rotatable bonds is 7. The summed E-state index contributed by atoms with van der Waals surface area (Å²) in [5.41, 5.74) is 1.62. The molecule has 0 aromatic rings. The summed E-state index contributed by atoms with van der Waals surface area (Å²) in [6.07, 6.45) is 11.9.